The van der Waals surface area contributed by atoms with Gasteiger partial charge in [0, 0.05) is 0 Å². The number of nitrogens with zero attached hydrogens (tertiary/aromatic N) is 1. The number of carbonyl (C=O) groups excluding carboxylic acids is 1. The maximum atomic E-state index is 12.0. The van der Waals surface area contributed by atoms with Gasteiger partial charge in [0.1, 0.15) is 11.4 Å². The Kier molecular flexibility index (Phi) is 4.36. The summed E-state index contributed by atoms with van der Waals surface area (Å²) in [7, 11) is 0. The number of pyridine rings is 1. The van der Waals surface area contributed by atoms with Crippen LogP contribution in [-0.2, 0) is 0 Å². The number of hydrogen-bond donors (Lipinski definition) is 2. The number of rotatable bonds is 3. The van der Waals surface area contributed by atoms with Gasteiger partial charge in [0.15, 0.2) is 0 Å². The molecule has 5 nitrogen and oxygen atoms in total. The maximum absolute atomic E-state index is 12.0. The molecule has 0 saturated heterocycles. The van der Waals surface area contributed by atoms with Crippen LogP contribution in [0.25, 0.3) is 0 Å². The molecule has 0 aliphatic carbocycles. The van der Waals surface area contributed by atoms with Gasteiger partial charge in [-0.1, -0.05) is 23.7 Å². The maximum Gasteiger partial charge on any atom is 0.354 e. The van der Waals surface area contributed by atoms with E-state index in [4.69, 9.17) is 16.7 Å². The molecular weight excluding hydrogens is 348 g/mol. The summed E-state index contributed by atoms with van der Waals surface area (Å²) in [6.07, 6.45) is 0. The molecule has 1 heterocycles. The number of carboxylic acid groups (broad SMARTS) is 1. The highest BCUT2D eigenvalue weighted by molar-refractivity contribution is 9.10. The van der Waals surface area contributed by atoms with Crippen molar-refractivity contribution in [2.24, 2.45) is 0 Å². The van der Waals surface area contributed by atoms with Gasteiger partial charge in [-0.3, -0.25) is 4.79 Å². The number of anilines is 1. The topological polar surface area (TPSA) is 79.3 Å². The van der Waals surface area contributed by atoms with Crippen molar-refractivity contribution in [3.8, 4) is 0 Å². The van der Waals surface area contributed by atoms with E-state index >= 15 is 0 Å². The lowest BCUT2D eigenvalue weighted by molar-refractivity contribution is 0.0690. The van der Waals surface area contributed by atoms with E-state index in [9.17, 15) is 9.59 Å². The van der Waals surface area contributed by atoms with E-state index in [1.54, 1.807) is 18.2 Å². The number of benzene rings is 1. The summed E-state index contributed by atoms with van der Waals surface area (Å²) in [5, 5.41) is 11.9. The van der Waals surface area contributed by atoms with Crippen molar-refractivity contribution in [2.45, 2.75) is 0 Å². The number of carboxylic acids is 1. The Morgan fingerprint density at radius 3 is 2.50 bits per heavy atom. The van der Waals surface area contributed by atoms with Crippen LogP contribution in [0.5, 0.6) is 0 Å². The molecule has 0 unspecified atom stereocenters. The van der Waals surface area contributed by atoms with Gasteiger partial charge in [-0.2, -0.15) is 0 Å². The first-order valence-electron chi connectivity index (χ1n) is 5.45. The van der Waals surface area contributed by atoms with Crippen LogP contribution in [0.3, 0.4) is 0 Å². The summed E-state index contributed by atoms with van der Waals surface area (Å²) in [5.41, 5.74) is 0.296. The van der Waals surface area contributed by atoms with Crippen molar-refractivity contribution in [1.29, 1.82) is 0 Å². The minimum Gasteiger partial charge on any atom is -0.477 e. The Morgan fingerprint density at radius 2 is 1.80 bits per heavy atom. The highest BCUT2D eigenvalue weighted by Crippen LogP contribution is 2.30. The van der Waals surface area contributed by atoms with Gasteiger partial charge in [0.25, 0.3) is 5.91 Å². The number of halogens is 2. The second-order valence-corrected chi connectivity index (χ2v) is 4.97. The number of nitrogens with one attached hydrogen (secondary N) is 1. The largest absolute Gasteiger partial charge is 0.477 e. The average Bonchev–Trinajstić information content (AvgIpc) is 2.44. The lowest BCUT2D eigenvalue weighted by Crippen LogP contribution is -2.15. The molecular formula is C13H8BrClN2O3. The molecule has 0 fully saturated rings. The van der Waals surface area contributed by atoms with E-state index in [2.05, 4.69) is 26.2 Å². The fraction of sp³-hybridized carbons (Fsp3) is 0. The summed E-state index contributed by atoms with van der Waals surface area (Å²) in [6.45, 7) is 0. The molecule has 102 valence electrons. The van der Waals surface area contributed by atoms with Crippen LogP contribution in [0, 0.1) is 0 Å². The molecule has 2 aromatic rings. The van der Waals surface area contributed by atoms with Gasteiger partial charge in [-0.05, 0) is 40.2 Å². The quantitative estimate of drug-likeness (QED) is 0.884. The van der Waals surface area contributed by atoms with E-state index < -0.39 is 11.9 Å². The molecule has 20 heavy (non-hydrogen) atoms. The molecule has 0 atom stereocenters. The molecule has 1 aromatic heterocycles. The van der Waals surface area contributed by atoms with Crippen LogP contribution in [0.2, 0.25) is 5.02 Å². The zero-order valence-electron chi connectivity index (χ0n) is 9.93. The van der Waals surface area contributed by atoms with Gasteiger partial charge >= 0.3 is 5.97 Å². The van der Waals surface area contributed by atoms with Crippen LogP contribution in [0.1, 0.15) is 21.0 Å². The zero-order chi connectivity index (χ0) is 14.7. The fourth-order valence-corrected chi connectivity index (χ4v) is 2.00. The predicted molar refractivity (Wildman–Crippen MR) is 78.3 cm³/mol. The van der Waals surface area contributed by atoms with E-state index in [0.29, 0.717) is 15.2 Å². The highest BCUT2D eigenvalue weighted by atomic mass is 79.9. The van der Waals surface area contributed by atoms with Crippen LogP contribution in [0.15, 0.2) is 40.9 Å². The summed E-state index contributed by atoms with van der Waals surface area (Å²) < 4.78 is 0.546. The number of aromatic nitrogens is 1. The minimum absolute atomic E-state index is 0.0109. The summed E-state index contributed by atoms with van der Waals surface area (Å²) >= 11 is 9.18. The molecule has 1 aromatic carbocycles. The van der Waals surface area contributed by atoms with Crippen molar-refractivity contribution < 1.29 is 14.7 Å². The third-order valence-corrected chi connectivity index (χ3v) is 3.80. The Morgan fingerprint density at radius 1 is 1.15 bits per heavy atom. The Balaban J connectivity index is 2.26. The van der Waals surface area contributed by atoms with Crippen molar-refractivity contribution in [3.63, 3.8) is 0 Å². The molecule has 0 saturated carbocycles. The van der Waals surface area contributed by atoms with E-state index in [1.807, 2.05) is 0 Å². The molecule has 2 rings (SSSR count). The minimum atomic E-state index is -1.19. The van der Waals surface area contributed by atoms with Gasteiger partial charge in [0.05, 0.1) is 15.2 Å². The standard InChI is InChI=1S/C13H8BrClN2O3/c14-11-7(15)3-1-4-8(11)17-12(18)9-5-2-6-10(16-9)13(19)20/h1-6H,(H,17,18)(H,19,20). The van der Waals surface area contributed by atoms with Gasteiger partial charge in [-0.15, -0.1) is 0 Å². The third kappa shape index (κ3) is 3.15. The SMILES string of the molecule is O=C(O)c1cccc(C(=O)Nc2cccc(Cl)c2Br)n1. The third-order valence-electron chi connectivity index (χ3n) is 2.40. The molecule has 7 heteroatoms. The zero-order valence-corrected chi connectivity index (χ0v) is 12.3. The number of hydrogen-bond acceptors (Lipinski definition) is 3. The molecule has 0 bridgehead atoms. The summed E-state index contributed by atoms with van der Waals surface area (Å²) in [4.78, 5) is 26.6. The Bertz CT molecular complexity index is 691. The number of carbonyl (C=O) groups is 2. The van der Waals surface area contributed by atoms with Gasteiger partial charge in [-0.25, -0.2) is 9.78 Å². The average molecular weight is 356 g/mol. The fourth-order valence-electron chi connectivity index (χ4n) is 1.47. The van der Waals surface area contributed by atoms with E-state index in [0.717, 1.165) is 0 Å². The Hall–Kier alpha value is -1.92. The Labute approximate surface area is 127 Å². The lowest BCUT2D eigenvalue weighted by Gasteiger charge is -2.08. The highest BCUT2D eigenvalue weighted by Gasteiger charge is 2.13. The summed E-state index contributed by atoms with van der Waals surface area (Å²) in [6, 6.07) is 9.22. The second-order valence-electron chi connectivity index (χ2n) is 3.77. The smallest absolute Gasteiger partial charge is 0.354 e. The molecule has 0 radical (unpaired) electrons. The van der Waals surface area contributed by atoms with Crippen LogP contribution in [-0.4, -0.2) is 22.0 Å². The van der Waals surface area contributed by atoms with Crippen molar-refractivity contribution in [1.82, 2.24) is 4.98 Å². The number of aromatic carboxylic acids is 1. The van der Waals surface area contributed by atoms with Gasteiger partial charge < -0.3 is 10.4 Å². The molecule has 2 N–H and O–H groups in total. The van der Waals surface area contributed by atoms with Crippen molar-refractivity contribution in [2.75, 3.05) is 5.32 Å². The second kappa shape index (κ2) is 6.02. The van der Waals surface area contributed by atoms with Crippen LogP contribution < -0.4 is 5.32 Å². The molecule has 0 spiro atoms. The van der Waals surface area contributed by atoms with E-state index in [1.165, 1.54) is 18.2 Å². The first-order valence-corrected chi connectivity index (χ1v) is 6.62. The van der Waals surface area contributed by atoms with Crippen molar-refractivity contribution >= 4 is 45.1 Å². The number of amides is 1. The summed E-state index contributed by atoms with van der Waals surface area (Å²) in [5.74, 6) is -1.71. The first kappa shape index (κ1) is 14.5. The molecule has 0 aliphatic rings. The van der Waals surface area contributed by atoms with Gasteiger partial charge in [0.2, 0.25) is 0 Å². The van der Waals surface area contributed by atoms with Crippen molar-refractivity contribution in [3.05, 3.63) is 57.3 Å². The molecule has 1 amide bonds. The normalized spacial score (nSPS) is 10.1. The lowest BCUT2D eigenvalue weighted by atomic mass is 10.2. The molecule has 0 aliphatic heterocycles. The first-order chi connectivity index (χ1) is 9.49. The van der Waals surface area contributed by atoms with Crippen LogP contribution >= 0.6 is 27.5 Å². The van der Waals surface area contributed by atoms with Crippen LogP contribution in [0.4, 0.5) is 5.69 Å². The monoisotopic (exact) mass is 354 g/mol. The predicted octanol–water partition coefficient (Wildman–Crippen LogP) is 3.45. The van der Waals surface area contributed by atoms with E-state index in [-0.39, 0.29) is 11.4 Å².